The lowest BCUT2D eigenvalue weighted by molar-refractivity contribution is -0.384. The van der Waals surface area contributed by atoms with Gasteiger partial charge in [0, 0.05) is 32.4 Å². The Morgan fingerprint density at radius 3 is 2.43 bits per heavy atom. The van der Waals surface area contributed by atoms with E-state index in [1.807, 2.05) is 0 Å². The molecule has 0 saturated heterocycles. The number of ether oxygens (including phenoxy) is 3. The van der Waals surface area contributed by atoms with Crippen molar-refractivity contribution in [3.8, 4) is 17.2 Å². The quantitative estimate of drug-likeness (QED) is 0.327. The zero-order valence-electron chi connectivity index (χ0n) is 15.4. The van der Waals surface area contributed by atoms with Crippen LogP contribution >= 0.6 is 0 Å². The fourth-order valence-electron chi connectivity index (χ4n) is 2.42. The van der Waals surface area contributed by atoms with E-state index in [0.29, 0.717) is 11.5 Å². The number of nitro groups is 1. The van der Waals surface area contributed by atoms with Crippen molar-refractivity contribution in [2.75, 3.05) is 21.2 Å². The van der Waals surface area contributed by atoms with Crippen molar-refractivity contribution >= 4 is 17.6 Å². The molecule has 0 atom stereocenters. The number of carbonyl (C=O) groups excluding carboxylic acids is 1. The molecule has 3 rings (SSSR count). The first-order valence-corrected chi connectivity index (χ1v) is 8.17. The molecule has 9 nitrogen and oxygen atoms in total. The molecule has 0 bridgehead atoms. The average Bonchev–Trinajstić information content (AvgIpc) is 3.02. The van der Waals surface area contributed by atoms with Crippen molar-refractivity contribution in [1.29, 1.82) is 0 Å². The van der Waals surface area contributed by atoms with Crippen LogP contribution < -0.4 is 9.47 Å². The van der Waals surface area contributed by atoms with E-state index in [-0.39, 0.29) is 28.6 Å². The monoisotopic (exact) mass is 383 g/mol. The van der Waals surface area contributed by atoms with E-state index in [9.17, 15) is 14.9 Å². The molecule has 0 N–H and O–H groups in total. The summed E-state index contributed by atoms with van der Waals surface area (Å²) in [7, 11) is 5.02. The SMILES string of the molecule is COc1ccc(Oc2ccc([N+](=O)[O-])cc2C2=N/C(=C/N(C)C)C(=O)O2)cc1. The van der Waals surface area contributed by atoms with Crippen LogP contribution in [0.15, 0.2) is 59.4 Å². The van der Waals surface area contributed by atoms with Crippen LogP contribution in [0.25, 0.3) is 0 Å². The Hall–Kier alpha value is -3.88. The molecular formula is C19H17N3O6. The highest BCUT2D eigenvalue weighted by Gasteiger charge is 2.28. The van der Waals surface area contributed by atoms with Gasteiger partial charge in [0.05, 0.1) is 17.6 Å². The summed E-state index contributed by atoms with van der Waals surface area (Å²) in [5.41, 5.74) is 0.100. The summed E-state index contributed by atoms with van der Waals surface area (Å²) in [6.07, 6.45) is 1.50. The van der Waals surface area contributed by atoms with Gasteiger partial charge in [-0.2, -0.15) is 0 Å². The van der Waals surface area contributed by atoms with Crippen molar-refractivity contribution in [3.05, 3.63) is 70.0 Å². The average molecular weight is 383 g/mol. The molecule has 1 aliphatic heterocycles. The van der Waals surface area contributed by atoms with Crippen LogP contribution in [-0.4, -0.2) is 42.9 Å². The highest BCUT2D eigenvalue weighted by atomic mass is 16.6. The number of methoxy groups -OCH3 is 1. The molecule has 0 unspecified atom stereocenters. The number of carbonyl (C=O) groups is 1. The van der Waals surface area contributed by atoms with Crippen LogP contribution in [0.4, 0.5) is 5.69 Å². The zero-order chi connectivity index (χ0) is 20.3. The molecule has 28 heavy (non-hydrogen) atoms. The molecule has 0 aromatic heterocycles. The molecule has 2 aromatic rings. The Balaban J connectivity index is 2.01. The second kappa shape index (κ2) is 7.78. The third-order valence-electron chi connectivity index (χ3n) is 3.69. The fraction of sp³-hybridized carbons (Fsp3) is 0.158. The first-order valence-electron chi connectivity index (χ1n) is 8.17. The largest absolute Gasteiger partial charge is 0.497 e. The maximum Gasteiger partial charge on any atom is 0.365 e. The predicted octanol–water partition coefficient (Wildman–Crippen LogP) is 3.10. The number of rotatable bonds is 6. The van der Waals surface area contributed by atoms with Gasteiger partial charge in [0.25, 0.3) is 5.69 Å². The smallest absolute Gasteiger partial charge is 0.365 e. The third-order valence-corrected chi connectivity index (χ3v) is 3.69. The molecule has 1 aliphatic rings. The number of hydrogen-bond donors (Lipinski definition) is 0. The van der Waals surface area contributed by atoms with Crippen molar-refractivity contribution in [2.45, 2.75) is 0 Å². The second-order valence-corrected chi connectivity index (χ2v) is 6.00. The maximum atomic E-state index is 12.0. The van der Waals surface area contributed by atoms with Crippen molar-refractivity contribution < 1.29 is 23.9 Å². The second-order valence-electron chi connectivity index (χ2n) is 6.00. The van der Waals surface area contributed by atoms with Gasteiger partial charge in [0.2, 0.25) is 5.90 Å². The lowest BCUT2D eigenvalue weighted by Crippen LogP contribution is -2.09. The van der Waals surface area contributed by atoms with Crippen LogP contribution in [-0.2, 0) is 9.53 Å². The van der Waals surface area contributed by atoms with Crippen LogP contribution in [0.5, 0.6) is 17.2 Å². The van der Waals surface area contributed by atoms with E-state index >= 15 is 0 Å². The highest BCUT2D eigenvalue weighted by molar-refractivity contribution is 6.12. The van der Waals surface area contributed by atoms with Gasteiger partial charge in [-0.05, 0) is 30.3 Å². The molecule has 0 radical (unpaired) electrons. The Bertz CT molecular complexity index is 980. The Labute approximate surface area is 160 Å². The third kappa shape index (κ3) is 4.09. The molecule has 0 amide bonds. The molecular weight excluding hydrogens is 366 g/mol. The van der Waals surface area contributed by atoms with Gasteiger partial charge in [-0.15, -0.1) is 0 Å². The van der Waals surface area contributed by atoms with E-state index in [2.05, 4.69) is 4.99 Å². The Kier molecular flexibility index (Phi) is 5.25. The number of non-ortho nitro benzene ring substituents is 1. The van der Waals surface area contributed by atoms with Crippen LogP contribution in [0.3, 0.4) is 0 Å². The first kappa shape index (κ1) is 18.9. The van der Waals surface area contributed by atoms with Crippen LogP contribution in [0, 0.1) is 10.1 Å². The molecule has 144 valence electrons. The topological polar surface area (TPSA) is 103 Å². The van der Waals surface area contributed by atoms with E-state index in [1.165, 1.54) is 24.4 Å². The van der Waals surface area contributed by atoms with Crippen molar-refractivity contribution in [2.24, 2.45) is 4.99 Å². The number of esters is 1. The highest BCUT2D eigenvalue weighted by Crippen LogP contribution is 2.32. The van der Waals surface area contributed by atoms with E-state index < -0.39 is 10.9 Å². The van der Waals surface area contributed by atoms with Crippen LogP contribution in [0.1, 0.15) is 5.56 Å². The minimum absolute atomic E-state index is 0.0645. The van der Waals surface area contributed by atoms with Gasteiger partial charge >= 0.3 is 5.97 Å². The summed E-state index contributed by atoms with van der Waals surface area (Å²) < 4.78 is 16.1. The van der Waals surface area contributed by atoms with Gasteiger partial charge < -0.3 is 19.1 Å². The number of aliphatic imine (C=N–C) groups is 1. The maximum absolute atomic E-state index is 12.0. The van der Waals surface area contributed by atoms with Crippen molar-refractivity contribution in [1.82, 2.24) is 4.90 Å². The van der Waals surface area contributed by atoms with Gasteiger partial charge in [0.15, 0.2) is 5.70 Å². The molecule has 0 spiro atoms. The summed E-state index contributed by atoms with van der Waals surface area (Å²) in [6.45, 7) is 0. The van der Waals surface area contributed by atoms with Crippen molar-refractivity contribution in [3.63, 3.8) is 0 Å². The normalized spacial score (nSPS) is 14.5. The number of nitrogens with zero attached hydrogens (tertiary/aromatic N) is 3. The number of benzene rings is 2. The summed E-state index contributed by atoms with van der Waals surface area (Å²) in [5.74, 6) is 0.679. The van der Waals surface area contributed by atoms with E-state index in [4.69, 9.17) is 14.2 Å². The molecule has 0 fully saturated rings. The van der Waals surface area contributed by atoms with Gasteiger partial charge in [0.1, 0.15) is 17.2 Å². The minimum atomic E-state index is -0.648. The Morgan fingerprint density at radius 1 is 1.14 bits per heavy atom. The van der Waals surface area contributed by atoms with E-state index in [0.717, 1.165) is 0 Å². The zero-order valence-corrected chi connectivity index (χ0v) is 15.4. The number of hydrogen-bond acceptors (Lipinski definition) is 8. The number of nitro benzene ring substituents is 1. The molecule has 9 heteroatoms. The molecule has 2 aromatic carbocycles. The predicted molar refractivity (Wildman–Crippen MR) is 101 cm³/mol. The van der Waals surface area contributed by atoms with Gasteiger partial charge in [-0.3, -0.25) is 10.1 Å². The van der Waals surface area contributed by atoms with E-state index in [1.54, 1.807) is 50.4 Å². The number of cyclic esters (lactones) is 1. The van der Waals surface area contributed by atoms with Gasteiger partial charge in [-0.1, -0.05) is 0 Å². The lowest BCUT2D eigenvalue weighted by Gasteiger charge is -2.11. The molecule has 0 aliphatic carbocycles. The Morgan fingerprint density at radius 2 is 1.82 bits per heavy atom. The minimum Gasteiger partial charge on any atom is -0.497 e. The fourth-order valence-corrected chi connectivity index (χ4v) is 2.42. The van der Waals surface area contributed by atoms with Crippen LogP contribution in [0.2, 0.25) is 0 Å². The lowest BCUT2D eigenvalue weighted by atomic mass is 10.1. The van der Waals surface area contributed by atoms with Gasteiger partial charge in [-0.25, -0.2) is 9.79 Å². The molecule has 0 saturated carbocycles. The summed E-state index contributed by atoms with van der Waals surface area (Å²) in [5, 5.41) is 11.2. The standard InChI is InChI=1S/C19H17N3O6/c1-21(2)11-16-19(23)28-18(20-16)15-10-12(22(24)25)4-9-17(15)27-14-7-5-13(26-3)6-8-14/h4-11H,1-3H3/b16-11+. The first-order chi connectivity index (χ1) is 13.4. The summed E-state index contributed by atoms with van der Waals surface area (Å²) in [4.78, 5) is 28.4. The molecule has 1 heterocycles. The summed E-state index contributed by atoms with van der Waals surface area (Å²) >= 11 is 0. The summed E-state index contributed by atoms with van der Waals surface area (Å²) in [6, 6.07) is 10.8.